The lowest BCUT2D eigenvalue weighted by molar-refractivity contribution is -0.129. The van der Waals surface area contributed by atoms with Gasteiger partial charge in [0.25, 0.3) is 0 Å². The van der Waals surface area contributed by atoms with Gasteiger partial charge in [0.2, 0.25) is 15.9 Å². The number of rotatable bonds is 6. The lowest BCUT2D eigenvalue weighted by atomic mass is 10.1. The smallest absolute Gasteiger partial charge is 0.232 e. The molecule has 1 amide bonds. The molecule has 22 heavy (non-hydrogen) atoms. The number of carbonyl (C=O) groups excluding carboxylic acids is 1. The molecule has 0 saturated carbocycles. The summed E-state index contributed by atoms with van der Waals surface area (Å²) in [6, 6.07) is 7.46. The fourth-order valence-electron chi connectivity index (χ4n) is 2.84. The second-order valence-corrected chi connectivity index (χ2v) is 7.56. The molecule has 0 unspecified atom stereocenters. The van der Waals surface area contributed by atoms with Gasteiger partial charge in [-0.1, -0.05) is 25.1 Å². The van der Waals surface area contributed by atoms with Crippen LogP contribution in [0.25, 0.3) is 0 Å². The van der Waals surface area contributed by atoms with E-state index in [4.69, 9.17) is 0 Å². The molecule has 1 heterocycles. The van der Waals surface area contributed by atoms with Crippen LogP contribution in [0, 0.1) is 0 Å². The quantitative estimate of drug-likeness (QED) is 0.804. The zero-order valence-electron chi connectivity index (χ0n) is 13.3. The second-order valence-electron chi connectivity index (χ2n) is 5.66. The van der Waals surface area contributed by atoms with E-state index >= 15 is 0 Å². The first-order valence-corrected chi connectivity index (χ1v) is 9.61. The van der Waals surface area contributed by atoms with Crippen LogP contribution in [0.5, 0.6) is 0 Å². The highest BCUT2D eigenvalue weighted by Gasteiger charge is 2.23. The molecular formula is C16H24N2O3S. The minimum Gasteiger partial charge on any atom is -0.343 e. The Bertz CT molecular complexity index is 622. The first kappa shape index (κ1) is 16.8. The van der Waals surface area contributed by atoms with E-state index in [0.29, 0.717) is 5.69 Å². The summed E-state index contributed by atoms with van der Waals surface area (Å²) in [7, 11) is -3.41. The number of aryl methyl sites for hydroxylation is 1. The normalized spacial score (nSPS) is 15.1. The standard InChI is InChI=1S/C16H24N2O3S/c1-3-14-8-4-5-9-15(14)18(22(2,20)21)13-10-16(19)17-11-6-7-12-17/h4-5,8-9H,3,6-7,10-13H2,1-2H3. The fourth-order valence-corrected chi connectivity index (χ4v) is 3.80. The Balaban J connectivity index is 2.15. The molecule has 0 aromatic heterocycles. The van der Waals surface area contributed by atoms with Crippen molar-refractivity contribution in [2.45, 2.75) is 32.6 Å². The fraction of sp³-hybridized carbons (Fsp3) is 0.562. The highest BCUT2D eigenvalue weighted by Crippen LogP contribution is 2.24. The average molecular weight is 324 g/mol. The highest BCUT2D eigenvalue weighted by molar-refractivity contribution is 7.92. The molecule has 6 heteroatoms. The first-order chi connectivity index (χ1) is 10.4. The van der Waals surface area contributed by atoms with Crippen molar-refractivity contribution in [3.05, 3.63) is 29.8 Å². The van der Waals surface area contributed by atoms with Crippen LogP contribution in [-0.2, 0) is 21.2 Å². The van der Waals surface area contributed by atoms with Crippen LogP contribution < -0.4 is 4.31 Å². The van der Waals surface area contributed by atoms with E-state index in [-0.39, 0.29) is 18.9 Å². The molecule has 2 rings (SSSR count). The number of hydrogen-bond acceptors (Lipinski definition) is 3. The molecule has 0 bridgehead atoms. The van der Waals surface area contributed by atoms with Crippen LogP contribution in [0.15, 0.2) is 24.3 Å². The number of likely N-dealkylation sites (tertiary alicyclic amines) is 1. The monoisotopic (exact) mass is 324 g/mol. The van der Waals surface area contributed by atoms with Crippen molar-refractivity contribution in [2.75, 3.05) is 30.2 Å². The van der Waals surface area contributed by atoms with Gasteiger partial charge in [0.15, 0.2) is 0 Å². The molecule has 1 fully saturated rings. The maximum atomic E-state index is 12.2. The minimum absolute atomic E-state index is 0.0418. The molecule has 1 aliphatic rings. The zero-order valence-corrected chi connectivity index (χ0v) is 14.1. The van der Waals surface area contributed by atoms with Crippen molar-refractivity contribution >= 4 is 21.6 Å². The summed E-state index contributed by atoms with van der Waals surface area (Å²) in [4.78, 5) is 14.0. The molecule has 1 aliphatic heterocycles. The molecule has 1 aromatic carbocycles. The van der Waals surface area contributed by atoms with Gasteiger partial charge >= 0.3 is 0 Å². The van der Waals surface area contributed by atoms with Crippen LogP contribution in [0.2, 0.25) is 0 Å². The first-order valence-electron chi connectivity index (χ1n) is 7.77. The third kappa shape index (κ3) is 4.00. The number of sulfonamides is 1. The van der Waals surface area contributed by atoms with Crippen molar-refractivity contribution < 1.29 is 13.2 Å². The maximum absolute atomic E-state index is 12.2. The number of para-hydroxylation sites is 1. The van der Waals surface area contributed by atoms with E-state index < -0.39 is 10.0 Å². The van der Waals surface area contributed by atoms with Gasteiger partial charge in [-0.2, -0.15) is 0 Å². The van der Waals surface area contributed by atoms with Crippen LogP contribution in [0.4, 0.5) is 5.69 Å². The summed E-state index contributed by atoms with van der Waals surface area (Å²) >= 11 is 0. The summed E-state index contributed by atoms with van der Waals surface area (Å²) in [5, 5.41) is 0. The summed E-state index contributed by atoms with van der Waals surface area (Å²) < 4.78 is 25.6. The second kappa shape index (κ2) is 7.13. The van der Waals surface area contributed by atoms with Crippen molar-refractivity contribution in [1.82, 2.24) is 4.90 Å². The van der Waals surface area contributed by atoms with E-state index in [1.165, 1.54) is 10.6 Å². The van der Waals surface area contributed by atoms with Gasteiger partial charge in [-0.25, -0.2) is 8.42 Å². The molecule has 1 aromatic rings. The number of carbonyl (C=O) groups is 1. The predicted molar refractivity (Wildman–Crippen MR) is 88.4 cm³/mol. The molecular weight excluding hydrogens is 300 g/mol. The molecule has 0 spiro atoms. The van der Waals surface area contributed by atoms with E-state index in [0.717, 1.165) is 37.9 Å². The van der Waals surface area contributed by atoms with E-state index in [9.17, 15) is 13.2 Å². The van der Waals surface area contributed by atoms with Gasteiger partial charge in [0.1, 0.15) is 0 Å². The third-order valence-corrected chi connectivity index (χ3v) is 5.21. The van der Waals surface area contributed by atoms with E-state index in [2.05, 4.69) is 0 Å². The van der Waals surface area contributed by atoms with Gasteiger partial charge in [-0.3, -0.25) is 9.10 Å². The average Bonchev–Trinajstić information content (AvgIpc) is 3.00. The highest BCUT2D eigenvalue weighted by atomic mass is 32.2. The topological polar surface area (TPSA) is 57.7 Å². The van der Waals surface area contributed by atoms with Gasteiger partial charge in [0, 0.05) is 26.1 Å². The zero-order chi connectivity index (χ0) is 16.2. The number of hydrogen-bond donors (Lipinski definition) is 0. The number of benzene rings is 1. The Morgan fingerprint density at radius 3 is 2.45 bits per heavy atom. The van der Waals surface area contributed by atoms with Crippen LogP contribution in [-0.4, -0.2) is 45.1 Å². The Hall–Kier alpha value is -1.56. The Morgan fingerprint density at radius 2 is 1.86 bits per heavy atom. The molecule has 0 aliphatic carbocycles. The van der Waals surface area contributed by atoms with Crippen molar-refractivity contribution in [1.29, 1.82) is 0 Å². The van der Waals surface area contributed by atoms with Crippen molar-refractivity contribution in [3.8, 4) is 0 Å². The van der Waals surface area contributed by atoms with Crippen molar-refractivity contribution in [2.24, 2.45) is 0 Å². The largest absolute Gasteiger partial charge is 0.343 e. The summed E-state index contributed by atoms with van der Waals surface area (Å²) in [6.07, 6.45) is 4.26. The third-order valence-electron chi connectivity index (χ3n) is 4.03. The molecule has 122 valence electrons. The lowest BCUT2D eigenvalue weighted by Crippen LogP contribution is -2.36. The predicted octanol–water partition coefficient (Wildman–Crippen LogP) is 2.03. The number of nitrogens with zero attached hydrogens (tertiary/aromatic N) is 2. The molecule has 5 nitrogen and oxygen atoms in total. The van der Waals surface area contributed by atoms with Crippen LogP contribution >= 0.6 is 0 Å². The number of anilines is 1. The van der Waals surface area contributed by atoms with Gasteiger partial charge < -0.3 is 4.90 Å². The summed E-state index contributed by atoms with van der Waals surface area (Å²) in [6.45, 7) is 3.78. The molecule has 0 atom stereocenters. The minimum atomic E-state index is -3.41. The van der Waals surface area contributed by atoms with Gasteiger partial charge in [-0.15, -0.1) is 0 Å². The Labute approximate surface area is 133 Å². The molecule has 1 saturated heterocycles. The maximum Gasteiger partial charge on any atom is 0.232 e. The van der Waals surface area contributed by atoms with Gasteiger partial charge in [-0.05, 0) is 30.9 Å². The molecule has 0 radical (unpaired) electrons. The van der Waals surface area contributed by atoms with Crippen LogP contribution in [0.3, 0.4) is 0 Å². The SMILES string of the molecule is CCc1ccccc1N(CCC(=O)N1CCCC1)S(C)(=O)=O. The van der Waals surface area contributed by atoms with Crippen molar-refractivity contribution in [3.63, 3.8) is 0 Å². The summed E-state index contributed by atoms with van der Waals surface area (Å²) in [5.41, 5.74) is 1.66. The van der Waals surface area contributed by atoms with Crippen LogP contribution in [0.1, 0.15) is 31.7 Å². The van der Waals surface area contributed by atoms with E-state index in [1.807, 2.05) is 30.0 Å². The lowest BCUT2D eigenvalue weighted by Gasteiger charge is -2.25. The van der Waals surface area contributed by atoms with E-state index in [1.54, 1.807) is 6.07 Å². The summed E-state index contributed by atoms with van der Waals surface area (Å²) in [5.74, 6) is 0.0418. The van der Waals surface area contributed by atoms with Gasteiger partial charge in [0.05, 0.1) is 11.9 Å². The Morgan fingerprint density at radius 1 is 1.23 bits per heavy atom. The Kier molecular flexibility index (Phi) is 5.45. The molecule has 0 N–H and O–H groups in total. The number of amides is 1.